The normalized spacial score (nSPS) is 33.2. The number of halogens is 1. The third-order valence-electron chi connectivity index (χ3n) is 4.28. The van der Waals surface area contributed by atoms with Crippen LogP contribution in [0.2, 0.25) is 5.02 Å². The summed E-state index contributed by atoms with van der Waals surface area (Å²) in [5.41, 5.74) is 0.964. The Hall–Kier alpha value is -0.730. The van der Waals surface area contributed by atoms with Crippen molar-refractivity contribution in [2.24, 2.45) is 5.41 Å². The third kappa shape index (κ3) is 2.02. The van der Waals surface area contributed by atoms with Crippen LogP contribution in [0.3, 0.4) is 0 Å². The quantitative estimate of drug-likeness (QED) is 0.766. The maximum absolute atomic E-state index is 10.3. The van der Waals surface area contributed by atoms with E-state index in [2.05, 4.69) is 13.8 Å². The first-order chi connectivity index (χ1) is 8.39. The van der Waals surface area contributed by atoms with Gasteiger partial charge in [0, 0.05) is 17.0 Å². The predicted molar refractivity (Wildman–Crippen MR) is 72.0 cm³/mol. The Morgan fingerprint density at radius 1 is 1.33 bits per heavy atom. The van der Waals surface area contributed by atoms with E-state index in [0.717, 1.165) is 30.6 Å². The Labute approximate surface area is 113 Å². The fourth-order valence-electron chi connectivity index (χ4n) is 3.49. The van der Waals surface area contributed by atoms with Gasteiger partial charge < -0.3 is 9.84 Å². The Morgan fingerprint density at radius 2 is 2.11 bits per heavy atom. The summed E-state index contributed by atoms with van der Waals surface area (Å²) in [5, 5.41) is 11.0. The summed E-state index contributed by atoms with van der Waals surface area (Å²) in [6.07, 6.45) is 3.42. The minimum atomic E-state index is -0.457. The van der Waals surface area contributed by atoms with E-state index in [0.29, 0.717) is 16.9 Å². The van der Waals surface area contributed by atoms with Crippen LogP contribution in [0.25, 0.3) is 0 Å². The van der Waals surface area contributed by atoms with Crippen LogP contribution in [-0.4, -0.2) is 10.7 Å². The van der Waals surface area contributed by atoms with Gasteiger partial charge in [-0.15, -0.1) is 0 Å². The van der Waals surface area contributed by atoms with Crippen molar-refractivity contribution < 1.29 is 9.84 Å². The van der Waals surface area contributed by atoms with Crippen LogP contribution in [0.5, 0.6) is 5.75 Å². The fourth-order valence-corrected chi connectivity index (χ4v) is 3.67. The number of ether oxygens (including phenoxy) is 1. The molecule has 2 atom stereocenters. The van der Waals surface area contributed by atoms with E-state index in [4.69, 9.17) is 16.3 Å². The molecule has 0 amide bonds. The second kappa shape index (κ2) is 3.88. The summed E-state index contributed by atoms with van der Waals surface area (Å²) in [4.78, 5) is 0. The monoisotopic (exact) mass is 266 g/mol. The van der Waals surface area contributed by atoms with Gasteiger partial charge in [0.05, 0.1) is 6.10 Å². The molecule has 2 aliphatic rings. The first-order valence-corrected chi connectivity index (χ1v) is 6.94. The van der Waals surface area contributed by atoms with Crippen LogP contribution in [0.1, 0.15) is 51.2 Å². The molecular weight excluding hydrogens is 248 g/mol. The molecule has 0 saturated heterocycles. The second-order valence-corrected chi connectivity index (χ2v) is 6.96. The standard InChI is InChI=1S/C15H19ClO2/c1-14(2)5-6-15(9-14)8-12(17)11-7-10(16)3-4-13(11)18-15/h3-4,7,12,17H,5-6,8-9H2,1-2H3/t12-,15?/m0/s1. The van der Waals surface area contributed by atoms with Crippen molar-refractivity contribution in [1.82, 2.24) is 0 Å². The van der Waals surface area contributed by atoms with Crippen molar-refractivity contribution in [2.75, 3.05) is 0 Å². The first kappa shape index (κ1) is 12.3. The molecule has 2 nitrogen and oxygen atoms in total. The van der Waals surface area contributed by atoms with Gasteiger partial charge in [0.15, 0.2) is 0 Å². The molecule has 1 saturated carbocycles. The highest BCUT2D eigenvalue weighted by Crippen LogP contribution is 2.53. The van der Waals surface area contributed by atoms with Crippen molar-refractivity contribution in [3.63, 3.8) is 0 Å². The van der Waals surface area contributed by atoms with Crippen LogP contribution >= 0.6 is 11.6 Å². The van der Waals surface area contributed by atoms with Gasteiger partial charge >= 0.3 is 0 Å². The van der Waals surface area contributed by atoms with Gasteiger partial charge in [0.2, 0.25) is 0 Å². The van der Waals surface area contributed by atoms with E-state index in [9.17, 15) is 5.11 Å². The molecule has 1 aliphatic heterocycles. The average Bonchev–Trinajstić information content (AvgIpc) is 2.56. The molecule has 1 spiro atoms. The maximum atomic E-state index is 10.3. The summed E-state index contributed by atoms with van der Waals surface area (Å²) in [6.45, 7) is 4.55. The molecule has 3 heteroatoms. The molecule has 1 aromatic carbocycles. The topological polar surface area (TPSA) is 29.5 Å². The second-order valence-electron chi connectivity index (χ2n) is 6.53. The molecule has 1 N–H and O–H groups in total. The molecular formula is C15H19ClO2. The van der Waals surface area contributed by atoms with Crippen LogP contribution in [-0.2, 0) is 0 Å². The number of benzene rings is 1. The minimum absolute atomic E-state index is 0.177. The van der Waals surface area contributed by atoms with Gasteiger partial charge in [-0.05, 0) is 42.9 Å². The number of aliphatic hydroxyl groups excluding tert-OH is 1. The fraction of sp³-hybridized carbons (Fsp3) is 0.600. The van der Waals surface area contributed by atoms with Crippen molar-refractivity contribution >= 4 is 11.6 Å². The van der Waals surface area contributed by atoms with Crippen LogP contribution in [0.15, 0.2) is 18.2 Å². The van der Waals surface area contributed by atoms with Crippen molar-refractivity contribution in [2.45, 2.75) is 51.2 Å². The molecule has 0 radical (unpaired) electrons. The summed E-state index contributed by atoms with van der Waals surface area (Å²) in [7, 11) is 0. The van der Waals surface area contributed by atoms with Gasteiger partial charge in [0.25, 0.3) is 0 Å². The highest BCUT2D eigenvalue weighted by atomic mass is 35.5. The zero-order valence-corrected chi connectivity index (χ0v) is 11.6. The third-order valence-corrected chi connectivity index (χ3v) is 4.52. The zero-order valence-electron chi connectivity index (χ0n) is 10.9. The molecule has 1 unspecified atom stereocenters. The molecule has 0 aromatic heterocycles. The van der Waals surface area contributed by atoms with E-state index in [1.807, 2.05) is 18.2 Å². The molecule has 3 rings (SSSR count). The Kier molecular flexibility index (Phi) is 2.65. The molecule has 1 fully saturated rings. The van der Waals surface area contributed by atoms with Crippen LogP contribution in [0.4, 0.5) is 0 Å². The Bertz CT molecular complexity index is 483. The van der Waals surface area contributed by atoms with Crippen molar-refractivity contribution in [1.29, 1.82) is 0 Å². The first-order valence-electron chi connectivity index (χ1n) is 6.56. The van der Waals surface area contributed by atoms with Gasteiger partial charge in [-0.2, -0.15) is 0 Å². The summed E-state index contributed by atoms with van der Waals surface area (Å²) in [5.74, 6) is 0.802. The van der Waals surface area contributed by atoms with E-state index in [1.54, 1.807) is 0 Å². The van der Waals surface area contributed by atoms with E-state index >= 15 is 0 Å². The molecule has 98 valence electrons. The van der Waals surface area contributed by atoms with Gasteiger partial charge in [-0.1, -0.05) is 25.4 Å². The van der Waals surface area contributed by atoms with Gasteiger partial charge in [0.1, 0.15) is 11.4 Å². The lowest BCUT2D eigenvalue weighted by Crippen LogP contribution is -2.39. The predicted octanol–water partition coefficient (Wildman–Crippen LogP) is 4.10. The van der Waals surface area contributed by atoms with Gasteiger partial charge in [-0.3, -0.25) is 0 Å². The number of fused-ring (bicyclic) bond motifs is 1. The number of rotatable bonds is 0. The molecule has 18 heavy (non-hydrogen) atoms. The lowest BCUT2D eigenvalue weighted by atomic mass is 9.83. The highest BCUT2D eigenvalue weighted by molar-refractivity contribution is 6.30. The highest BCUT2D eigenvalue weighted by Gasteiger charge is 2.48. The van der Waals surface area contributed by atoms with E-state index < -0.39 is 6.10 Å². The Balaban J connectivity index is 1.95. The number of hydrogen-bond acceptors (Lipinski definition) is 2. The molecule has 1 aromatic rings. The number of aliphatic hydroxyl groups is 1. The van der Waals surface area contributed by atoms with Crippen LogP contribution in [0, 0.1) is 5.41 Å². The maximum Gasteiger partial charge on any atom is 0.126 e. The van der Waals surface area contributed by atoms with Gasteiger partial charge in [-0.25, -0.2) is 0 Å². The van der Waals surface area contributed by atoms with E-state index in [1.165, 1.54) is 0 Å². The SMILES string of the molecule is CC1(C)CCC2(C[C@H](O)c3cc(Cl)ccc3O2)C1. The zero-order chi connectivity index (χ0) is 13.0. The molecule has 1 heterocycles. The average molecular weight is 267 g/mol. The van der Waals surface area contributed by atoms with E-state index in [-0.39, 0.29) is 5.60 Å². The minimum Gasteiger partial charge on any atom is -0.487 e. The summed E-state index contributed by atoms with van der Waals surface area (Å²) < 4.78 is 6.22. The number of hydrogen-bond donors (Lipinski definition) is 1. The van der Waals surface area contributed by atoms with Crippen molar-refractivity contribution in [3.05, 3.63) is 28.8 Å². The largest absolute Gasteiger partial charge is 0.487 e. The molecule has 1 aliphatic carbocycles. The smallest absolute Gasteiger partial charge is 0.126 e. The lowest BCUT2D eigenvalue weighted by molar-refractivity contribution is -0.0155. The van der Waals surface area contributed by atoms with Crippen molar-refractivity contribution in [3.8, 4) is 5.75 Å². The summed E-state index contributed by atoms with van der Waals surface area (Å²) in [6, 6.07) is 5.52. The summed E-state index contributed by atoms with van der Waals surface area (Å²) >= 11 is 5.97. The molecule has 0 bridgehead atoms. The Morgan fingerprint density at radius 3 is 2.78 bits per heavy atom. The lowest BCUT2D eigenvalue weighted by Gasteiger charge is -2.39. The van der Waals surface area contributed by atoms with Crippen LogP contribution < -0.4 is 4.74 Å².